The molecule has 3 rings (SSSR count). The molecule has 3 fully saturated rings. The van der Waals surface area contributed by atoms with Crippen molar-refractivity contribution in [1.82, 2.24) is 5.32 Å². The van der Waals surface area contributed by atoms with Gasteiger partial charge in [0.25, 0.3) is 0 Å². The van der Waals surface area contributed by atoms with Gasteiger partial charge in [-0.3, -0.25) is 4.79 Å². The molecule has 0 aromatic rings. The first-order valence-electron chi connectivity index (χ1n) is 6.16. The summed E-state index contributed by atoms with van der Waals surface area (Å²) in [6.45, 7) is 4.35. The van der Waals surface area contributed by atoms with E-state index in [2.05, 4.69) is 12.2 Å². The number of carbonyl (C=O) groups is 1. The molecule has 4 heteroatoms. The fourth-order valence-electron chi connectivity index (χ4n) is 3.72. The molecule has 3 saturated heterocycles. The number of hydrogen-bond donors (Lipinski definition) is 1. The van der Waals surface area contributed by atoms with Crippen molar-refractivity contribution in [3.63, 3.8) is 0 Å². The maximum absolute atomic E-state index is 11.8. The van der Waals surface area contributed by atoms with Crippen LogP contribution in [-0.4, -0.2) is 37.4 Å². The van der Waals surface area contributed by atoms with Gasteiger partial charge in [-0.2, -0.15) is 0 Å². The first kappa shape index (κ1) is 10.5. The molecule has 2 spiro atoms. The Kier molecular flexibility index (Phi) is 2.27. The van der Waals surface area contributed by atoms with Crippen LogP contribution in [0.2, 0.25) is 0 Å². The van der Waals surface area contributed by atoms with Gasteiger partial charge in [0.1, 0.15) is 0 Å². The molecule has 0 aliphatic carbocycles. The molecule has 3 heterocycles. The standard InChI is InChI=1S/C12H19NO3/c1-9-6-11(8-16-9)7-10(14)13-12(11)2-4-15-5-3-12/h9H,2-8H2,1H3,(H,13,14). The van der Waals surface area contributed by atoms with E-state index in [-0.39, 0.29) is 23.0 Å². The van der Waals surface area contributed by atoms with E-state index in [1.54, 1.807) is 0 Å². The lowest BCUT2D eigenvalue weighted by Crippen LogP contribution is -2.56. The highest BCUT2D eigenvalue weighted by Crippen LogP contribution is 2.52. The molecule has 3 aliphatic rings. The smallest absolute Gasteiger partial charge is 0.221 e. The van der Waals surface area contributed by atoms with E-state index >= 15 is 0 Å². The lowest BCUT2D eigenvalue weighted by Gasteiger charge is -2.44. The highest BCUT2D eigenvalue weighted by Gasteiger charge is 2.60. The van der Waals surface area contributed by atoms with E-state index in [1.807, 2.05) is 0 Å². The predicted molar refractivity (Wildman–Crippen MR) is 58.0 cm³/mol. The van der Waals surface area contributed by atoms with Crippen LogP contribution in [0.15, 0.2) is 0 Å². The molecule has 0 aromatic carbocycles. The molecular weight excluding hydrogens is 206 g/mol. The van der Waals surface area contributed by atoms with Gasteiger partial charge in [-0.15, -0.1) is 0 Å². The highest BCUT2D eigenvalue weighted by molar-refractivity contribution is 5.81. The summed E-state index contributed by atoms with van der Waals surface area (Å²) in [5, 5.41) is 3.22. The minimum absolute atomic E-state index is 0.0350. The molecule has 16 heavy (non-hydrogen) atoms. The van der Waals surface area contributed by atoms with Crippen molar-refractivity contribution in [2.45, 2.75) is 44.2 Å². The van der Waals surface area contributed by atoms with Crippen LogP contribution in [0.4, 0.5) is 0 Å². The normalized spacial score (nSPS) is 41.8. The molecule has 90 valence electrons. The Morgan fingerprint density at radius 2 is 2.12 bits per heavy atom. The van der Waals surface area contributed by atoms with E-state index in [4.69, 9.17) is 9.47 Å². The van der Waals surface area contributed by atoms with Crippen molar-refractivity contribution in [1.29, 1.82) is 0 Å². The molecule has 3 aliphatic heterocycles. The van der Waals surface area contributed by atoms with Gasteiger partial charge in [-0.25, -0.2) is 0 Å². The number of rotatable bonds is 0. The molecule has 0 aromatic heterocycles. The Hall–Kier alpha value is -0.610. The predicted octanol–water partition coefficient (Wildman–Crippen LogP) is 0.851. The summed E-state index contributed by atoms with van der Waals surface area (Å²) in [6.07, 6.45) is 3.81. The Bertz CT molecular complexity index is 298. The third-order valence-electron chi connectivity index (χ3n) is 4.56. The van der Waals surface area contributed by atoms with Gasteiger partial charge in [0.15, 0.2) is 0 Å². The molecule has 4 nitrogen and oxygen atoms in total. The van der Waals surface area contributed by atoms with Gasteiger partial charge < -0.3 is 14.8 Å². The largest absolute Gasteiger partial charge is 0.381 e. The average molecular weight is 225 g/mol. The maximum Gasteiger partial charge on any atom is 0.221 e. The SMILES string of the molecule is CC1CC2(CO1)CC(=O)NC21CCOCC1. The van der Waals surface area contributed by atoms with Crippen molar-refractivity contribution in [2.75, 3.05) is 19.8 Å². The minimum Gasteiger partial charge on any atom is -0.381 e. The fraction of sp³-hybridized carbons (Fsp3) is 0.917. The van der Waals surface area contributed by atoms with Gasteiger partial charge in [0.2, 0.25) is 5.91 Å². The summed E-state index contributed by atoms with van der Waals surface area (Å²) in [5.74, 6) is 0.194. The average Bonchev–Trinajstić information content (AvgIpc) is 2.72. The summed E-state index contributed by atoms with van der Waals surface area (Å²) in [5.41, 5.74) is -0.0135. The summed E-state index contributed by atoms with van der Waals surface area (Å²) < 4.78 is 11.2. The van der Waals surface area contributed by atoms with Crippen molar-refractivity contribution in [3.8, 4) is 0 Å². The fourth-order valence-corrected chi connectivity index (χ4v) is 3.72. The molecule has 2 unspecified atom stereocenters. The number of carbonyl (C=O) groups excluding carboxylic acids is 1. The van der Waals surface area contributed by atoms with Gasteiger partial charge in [-0.1, -0.05) is 0 Å². The number of ether oxygens (including phenoxy) is 2. The van der Waals surface area contributed by atoms with Crippen LogP contribution in [0.3, 0.4) is 0 Å². The lowest BCUT2D eigenvalue weighted by molar-refractivity contribution is -0.120. The van der Waals surface area contributed by atoms with E-state index in [9.17, 15) is 4.79 Å². The quantitative estimate of drug-likeness (QED) is 0.665. The number of hydrogen-bond acceptors (Lipinski definition) is 3. The van der Waals surface area contributed by atoms with Crippen LogP contribution < -0.4 is 5.32 Å². The first-order valence-corrected chi connectivity index (χ1v) is 6.16. The van der Waals surface area contributed by atoms with E-state index in [1.165, 1.54) is 0 Å². The third-order valence-corrected chi connectivity index (χ3v) is 4.56. The molecule has 1 amide bonds. The Labute approximate surface area is 95.7 Å². The Morgan fingerprint density at radius 3 is 2.75 bits per heavy atom. The molecular formula is C12H19NO3. The third kappa shape index (κ3) is 1.32. The van der Waals surface area contributed by atoms with Gasteiger partial charge >= 0.3 is 0 Å². The summed E-state index contributed by atoms with van der Waals surface area (Å²) >= 11 is 0. The van der Waals surface area contributed by atoms with Crippen LogP contribution in [-0.2, 0) is 14.3 Å². The zero-order chi connectivity index (χ0) is 11.2. The van der Waals surface area contributed by atoms with Crippen molar-refractivity contribution in [2.24, 2.45) is 5.41 Å². The second-order valence-electron chi connectivity index (χ2n) is 5.53. The molecule has 1 N–H and O–H groups in total. The minimum atomic E-state index is -0.0485. The second-order valence-corrected chi connectivity index (χ2v) is 5.53. The summed E-state index contributed by atoms with van der Waals surface area (Å²) in [4.78, 5) is 11.8. The zero-order valence-corrected chi connectivity index (χ0v) is 9.75. The van der Waals surface area contributed by atoms with Crippen LogP contribution in [0.25, 0.3) is 0 Å². The maximum atomic E-state index is 11.8. The van der Waals surface area contributed by atoms with E-state index in [0.717, 1.165) is 39.1 Å². The van der Waals surface area contributed by atoms with Crippen molar-refractivity contribution in [3.05, 3.63) is 0 Å². The molecule has 0 saturated carbocycles. The Balaban J connectivity index is 1.92. The van der Waals surface area contributed by atoms with Gasteiger partial charge in [0.05, 0.1) is 18.2 Å². The molecule has 0 radical (unpaired) electrons. The Morgan fingerprint density at radius 1 is 1.38 bits per heavy atom. The topological polar surface area (TPSA) is 47.6 Å². The van der Waals surface area contributed by atoms with Crippen LogP contribution >= 0.6 is 0 Å². The number of nitrogens with one attached hydrogen (secondary N) is 1. The zero-order valence-electron chi connectivity index (χ0n) is 9.75. The van der Waals surface area contributed by atoms with Crippen LogP contribution in [0.1, 0.15) is 32.6 Å². The summed E-state index contributed by atoms with van der Waals surface area (Å²) in [6, 6.07) is 0. The number of fused-ring (bicyclic) bond motifs is 1. The van der Waals surface area contributed by atoms with Gasteiger partial charge in [-0.05, 0) is 26.2 Å². The lowest BCUT2D eigenvalue weighted by atomic mass is 9.65. The van der Waals surface area contributed by atoms with Crippen LogP contribution in [0, 0.1) is 5.41 Å². The highest BCUT2D eigenvalue weighted by atomic mass is 16.5. The van der Waals surface area contributed by atoms with E-state index < -0.39 is 0 Å². The number of amides is 1. The first-order chi connectivity index (χ1) is 7.66. The van der Waals surface area contributed by atoms with Gasteiger partial charge in [0, 0.05) is 25.0 Å². The molecule has 2 atom stereocenters. The van der Waals surface area contributed by atoms with Crippen molar-refractivity contribution < 1.29 is 14.3 Å². The summed E-state index contributed by atoms with van der Waals surface area (Å²) in [7, 11) is 0. The monoisotopic (exact) mass is 225 g/mol. The van der Waals surface area contributed by atoms with Crippen LogP contribution in [0.5, 0.6) is 0 Å². The second kappa shape index (κ2) is 3.44. The van der Waals surface area contributed by atoms with Crippen molar-refractivity contribution >= 4 is 5.91 Å². The van der Waals surface area contributed by atoms with E-state index in [0.29, 0.717) is 6.42 Å². The molecule has 0 bridgehead atoms.